The Hall–Kier alpha value is -1.02. The lowest BCUT2D eigenvalue weighted by Gasteiger charge is -2.30. The molecule has 1 aliphatic heterocycles. The molecule has 0 aliphatic carbocycles. The molecule has 0 amide bonds. The van der Waals surface area contributed by atoms with Gasteiger partial charge in [0, 0.05) is 6.04 Å². The lowest BCUT2D eigenvalue weighted by molar-refractivity contribution is 0.386. The van der Waals surface area contributed by atoms with E-state index in [-0.39, 0.29) is 0 Å². The average Bonchev–Trinajstić information content (AvgIpc) is 2.27. The van der Waals surface area contributed by atoms with Crippen LogP contribution in [0, 0.1) is 5.92 Å². The Labute approximate surface area is 91.6 Å². The highest BCUT2D eigenvalue weighted by molar-refractivity contribution is 5.39. The van der Waals surface area contributed by atoms with Crippen LogP contribution in [0.3, 0.4) is 0 Å². The number of rotatable bonds is 2. The molecule has 0 fully saturated rings. The molecule has 0 aromatic heterocycles. The van der Waals surface area contributed by atoms with Crippen LogP contribution in [0.2, 0.25) is 0 Å². The Morgan fingerprint density at radius 1 is 1.40 bits per heavy atom. The lowest BCUT2D eigenvalue weighted by atomic mass is 9.88. The fourth-order valence-corrected chi connectivity index (χ4v) is 2.28. The van der Waals surface area contributed by atoms with Crippen LogP contribution in [-0.2, 0) is 6.42 Å². The Bertz CT molecular complexity index is 346. The number of methoxy groups -OCH3 is 1. The summed E-state index contributed by atoms with van der Waals surface area (Å²) in [6.45, 7) is 5.60. The van der Waals surface area contributed by atoms with Crippen LogP contribution in [-0.4, -0.2) is 13.7 Å². The van der Waals surface area contributed by atoms with E-state index in [9.17, 15) is 0 Å². The third-order valence-corrected chi connectivity index (χ3v) is 3.11. The second kappa shape index (κ2) is 4.23. The zero-order valence-corrected chi connectivity index (χ0v) is 9.71. The van der Waals surface area contributed by atoms with Crippen molar-refractivity contribution in [3.8, 4) is 5.75 Å². The molecule has 0 bridgehead atoms. The van der Waals surface area contributed by atoms with Crippen LogP contribution in [0.5, 0.6) is 5.75 Å². The first-order valence-electron chi connectivity index (χ1n) is 5.62. The fourth-order valence-electron chi connectivity index (χ4n) is 2.28. The highest BCUT2D eigenvalue weighted by Gasteiger charge is 2.22. The van der Waals surface area contributed by atoms with Crippen molar-refractivity contribution in [3.05, 3.63) is 29.3 Å². The summed E-state index contributed by atoms with van der Waals surface area (Å²) in [5.74, 6) is 1.58. The minimum Gasteiger partial charge on any atom is -0.497 e. The van der Waals surface area contributed by atoms with E-state index in [0.717, 1.165) is 18.7 Å². The highest BCUT2D eigenvalue weighted by Crippen LogP contribution is 2.31. The SMILES string of the molecule is COc1ccc2c(c1)C(C(C)C)NCC2. The second-order valence-electron chi connectivity index (χ2n) is 4.49. The summed E-state index contributed by atoms with van der Waals surface area (Å²) in [4.78, 5) is 0. The minimum atomic E-state index is 0.476. The van der Waals surface area contributed by atoms with E-state index in [2.05, 4.69) is 37.4 Å². The smallest absolute Gasteiger partial charge is 0.119 e. The molecule has 0 saturated heterocycles. The van der Waals surface area contributed by atoms with Crippen LogP contribution < -0.4 is 10.1 Å². The van der Waals surface area contributed by atoms with Gasteiger partial charge < -0.3 is 10.1 Å². The topological polar surface area (TPSA) is 21.3 Å². The number of benzene rings is 1. The van der Waals surface area contributed by atoms with Gasteiger partial charge in [0.1, 0.15) is 5.75 Å². The molecular formula is C13H19NO. The molecule has 0 saturated carbocycles. The lowest BCUT2D eigenvalue weighted by Crippen LogP contribution is -2.32. The first-order valence-corrected chi connectivity index (χ1v) is 5.62. The maximum absolute atomic E-state index is 5.28. The van der Waals surface area contributed by atoms with Crippen molar-refractivity contribution in [3.63, 3.8) is 0 Å². The van der Waals surface area contributed by atoms with Gasteiger partial charge in [0.15, 0.2) is 0 Å². The predicted molar refractivity (Wildman–Crippen MR) is 62.3 cm³/mol. The largest absolute Gasteiger partial charge is 0.497 e. The molecule has 2 rings (SSSR count). The summed E-state index contributed by atoms with van der Waals surface area (Å²) in [7, 11) is 1.72. The summed E-state index contributed by atoms with van der Waals surface area (Å²) >= 11 is 0. The molecule has 2 heteroatoms. The highest BCUT2D eigenvalue weighted by atomic mass is 16.5. The Kier molecular flexibility index (Phi) is 2.96. The molecule has 0 radical (unpaired) electrons. The Morgan fingerprint density at radius 3 is 2.87 bits per heavy atom. The van der Waals surface area contributed by atoms with Crippen molar-refractivity contribution in [2.24, 2.45) is 5.92 Å². The summed E-state index contributed by atoms with van der Waals surface area (Å²) in [5.41, 5.74) is 2.88. The van der Waals surface area contributed by atoms with Crippen molar-refractivity contribution < 1.29 is 4.74 Å². The second-order valence-corrected chi connectivity index (χ2v) is 4.49. The molecule has 1 heterocycles. The van der Waals surface area contributed by atoms with Crippen LogP contribution >= 0.6 is 0 Å². The normalized spacial score (nSPS) is 20.1. The standard InChI is InChI=1S/C13H19NO/c1-9(2)13-12-8-11(15-3)5-4-10(12)6-7-14-13/h4-5,8-9,13-14H,6-7H2,1-3H3. The molecule has 1 atom stereocenters. The van der Waals surface area contributed by atoms with E-state index in [0.29, 0.717) is 12.0 Å². The third kappa shape index (κ3) is 2.00. The zero-order valence-electron chi connectivity index (χ0n) is 9.71. The predicted octanol–water partition coefficient (Wildman–Crippen LogP) is 2.54. The maximum atomic E-state index is 5.28. The van der Waals surface area contributed by atoms with E-state index < -0.39 is 0 Å². The van der Waals surface area contributed by atoms with Crippen molar-refractivity contribution in [1.29, 1.82) is 0 Å². The van der Waals surface area contributed by atoms with E-state index in [4.69, 9.17) is 4.74 Å². The number of fused-ring (bicyclic) bond motifs is 1. The number of hydrogen-bond donors (Lipinski definition) is 1. The summed E-state index contributed by atoms with van der Waals surface area (Å²) in [6.07, 6.45) is 1.13. The van der Waals surface area contributed by atoms with Gasteiger partial charge in [0.25, 0.3) is 0 Å². The van der Waals surface area contributed by atoms with Gasteiger partial charge in [-0.15, -0.1) is 0 Å². The molecule has 15 heavy (non-hydrogen) atoms. The van der Waals surface area contributed by atoms with Crippen LogP contribution in [0.4, 0.5) is 0 Å². The molecule has 82 valence electrons. The number of ether oxygens (including phenoxy) is 1. The third-order valence-electron chi connectivity index (χ3n) is 3.11. The van der Waals surface area contributed by atoms with Crippen molar-refractivity contribution in [1.82, 2.24) is 5.32 Å². The van der Waals surface area contributed by atoms with E-state index in [1.807, 2.05) is 0 Å². The van der Waals surface area contributed by atoms with Crippen LogP contribution in [0.1, 0.15) is 31.0 Å². The van der Waals surface area contributed by atoms with Crippen molar-refractivity contribution in [2.75, 3.05) is 13.7 Å². The molecule has 2 nitrogen and oxygen atoms in total. The number of hydrogen-bond acceptors (Lipinski definition) is 2. The average molecular weight is 205 g/mol. The Morgan fingerprint density at radius 2 is 2.20 bits per heavy atom. The van der Waals surface area contributed by atoms with E-state index in [1.54, 1.807) is 7.11 Å². The van der Waals surface area contributed by atoms with Gasteiger partial charge in [-0.1, -0.05) is 19.9 Å². The molecule has 1 aliphatic rings. The Balaban J connectivity index is 2.39. The summed E-state index contributed by atoms with van der Waals surface area (Å²) in [5, 5.41) is 3.57. The zero-order chi connectivity index (χ0) is 10.8. The first-order chi connectivity index (χ1) is 7.22. The molecule has 1 unspecified atom stereocenters. The minimum absolute atomic E-state index is 0.476. The molecular weight excluding hydrogens is 186 g/mol. The van der Waals surface area contributed by atoms with Gasteiger partial charge in [-0.25, -0.2) is 0 Å². The van der Waals surface area contributed by atoms with Gasteiger partial charge in [-0.3, -0.25) is 0 Å². The maximum Gasteiger partial charge on any atom is 0.119 e. The van der Waals surface area contributed by atoms with E-state index in [1.165, 1.54) is 11.1 Å². The number of nitrogens with one attached hydrogen (secondary N) is 1. The summed E-state index contributed by atoms with van der Waals surface area (Å²) in [6, 6.07) is 6.90. The first kappa shape index (κ1) is 10.5. The molecule has 1 N–H and O–H groups in total. The van der Waals surface area contributed by atoms with Gasteiger partial charge in [0.05, 0.1) is 7.11 Å². The van der Waals surface area contributed by atoms with Gasteiger partial charge in [-0.05, 0) is 42.1 Å². The van der Waals surface area contributed by atoms with Crippen molar-refractivity contribution in [2.45, 2.75) is 26.3 Å². The van der Waals surface area contributed by atoms with Gasteiger partial charge >= 0.3 is 0 Å². The van der Waals surface area contributed by atoms with Gasteiger partial charge in [0.2, 0.25) is 0 Å². The van der Waals surface area contributed by atoms with Crippen molar-refractivity contribution >= 4 is 0 Å². The molecule has 1 aromatic rings. The fraction of sp³-hybridized carbons (Fsp3) is 0.538. The monoisotopic (exact) mass is 205 g/mol. The van der Waals surface area contributed by atoms with Crippen LogP contribution in [0.25, 0.3) is 0 Å². The molecule has 0 spiro atoms. The van der Waals surface area contributed by atoms with E-state index >= 15 is 0 Å². The summed E-state index contributed by atoms with van der Waals surface area (Å²) < 4.78 is 5.28. The quantitative estimate of drug-likeness (QED) is 0.801. The van der Waals surface area contributed by atoms with Gasteiger partial charge in [-0.2, -0.15) is 0 Å². The molecule has 1 aromatic carbocycles. The van der Waals surface area contributed by atoms with Crippen LogP contribution in [0.15, 0.2) is 18.2 Å².